The number of carboxylic acids is 1. The highest BCUT2D eigenvalue weighted by Crippen LogP contribution is 2.46. The van der Waals surface area contributed by atoms with Crippen LogP contribution in [0.25, 0.3) is 0 Å². The van der Waals surface area contributed by atoms with Crippen LogP contribution in [-0.2, 0) is 14.3 Å². The Bertz CT molecular complexity index is 451. The molecule has 0 aromatic heterocycles. The van der Waals surface area contributed by atoms with Crippen LogP contribution in [0.15, 0.2) is 0 Å². The summed E-state index contributed by atoms with van der Waals surface area (Å²) in [6.07, 6.45) is 0.215. The van der Waals surface area contributed by atoms with E-state index < -0.39 is 28.7 Å². The lowest BCUT2D eigenvalue weighted by Crippen LogP contribution is -2.57. The molecule has 2 N–H and O–H groups in total. The van der Waals surface area contributed by atoms with Crippen molar-refractivity contribution in [2.75, 3.05) is 26.3 Å². The van der Waals surface area contributed by atoms with Crippen molar-refractivity contribution in [1.82, 2.24) is 4.90 Å². The molecule has 1 amide bonds. The van der Waals surface area contributed by atoms with Gasteiger partial charge in [-0.2, -0.15) is 0 Å². The van der Waals surface area contributed by atoms with Gasteiger partial charge in [0.1, 0.15) is 11.0 Å². The van der Waals surface area contributed by atoms with Gasteiger partial charge in [0.05, 0.1) is 5.60 Å². The number of carbonyl (C=O) groups is 2. The van der Waals surface area contributed by atoms with E-state index in [-0.39, 0.29) is 32.4 Å². The third-order valence-corrected chi connectivity index (χ3v) is 4.54. The first-order chi connectivity index (χ1) is 10.1. The summed E-state index contributed by atoms with van der Waals surface area (Å²) >= 11 is 0. The van der Waals surface area contributed by atoms with Gasteiger partial charge < -0.3 is 24.6 Å². The molecule has 2 aliphatic rings. The molecule has 2 rings (SSSR count). The van der Waals surface area contributed by atoms with Crippen LogP contribution in [0.1, 0.15) is 40.0 Å². The molecule has 0 bridgehead atoms. The first-order valence-corrected chi connectivity index (χ1v) is 7.61. The monoisotopic (exact) mass is 315 g/mol. The number of ether oxygens (including phenoxy) is 2. The van der Waals surface area contributed by atoms with Gasteiger partial charge in [-0.3, -0.25) is 4.79 Å². The summed E-state index contributed by atoms with van der Waals surface area (Å²) < 4.78 is 10.5. The Balaban J connectivity index is 2.18. The number of carbonyl (C=O) groups excluding carboxylic acids is 1. The lowest BCUT2D eigenvalue weighted by molar-refractivity contribution is -0.181. The Labute approximate surface area is 130 Å². The molecule has 0 aromatic rings. The van der Waals surface area contributed by atoms with Crippen LogP contribution in [0, 0.1) is 5.41 Å². The number of aliphatic carboxylic acids is 1. The molecule has 0 radical (unpaired) electrons. The van der Waals surface area contributed by atoms with Crippen LogP contribution in [0.4, 0.5) is 4.79 Å². The molecule has 2 fully saturated rings. The Morgan fingerprint density at radius 1 is 1.18 bits per heavy atom. The van der Waals surface area contributed by atoms with Crippen LogP contribution in [0.3, 0.4) is 0 Å². The maximum Gasteiger partial charge on any atom is 0.410 e. The van der Waals surface area contributed by atoms with Crippen molar-refractivity contribution in [3.05, 3.63) is 0 Å². The molecule has 2 saturated heterocycles. The fraction of sp³-hybridized carbons (Fsp3) is 0.867. The van der Waals surface area contributed by atoms with Crippen molar-refractivity contribution in [3.63, 3.8) is 0 Å². The smallest absolute Gasteiger partial charge is 0.410 e. The zero-order chi connectivity index (χ0) is 16.6. The SMILES string of the molecule is CC(C)(C)OC(=O)N1CCC(C(=O)O)(C2(O)CCOCC2)C1. The van der Waals surface area contributed by atoms with Gasteiger partial charge in [0.25, 0.3) is 0 Å². The van der Waals surface area contributed by atoms with Gasteiger partial charge in [-0.05, 0) is 27.2 Å². The van der Waals surface area contributed by atoms with Crippen LogP contribution < -0.4 is 0 Å². The zero-order valence-electron chi connectivity index (χ0n) is 13.4. The summed E-state index contributed by atoms with van der Waals surface area (Å²) in [6, 6.07) is 0. The number of carboxylic acid groups (broad SMARTS) is 1. The summed E-state index contributed by atoms with van der Waals surface area (Å²) in [6.45, 7) is 6.18. The molecule has 0 aliphatic carbocycles. The van der Waals surface area contributed by atoms with Crippen molar-refractivity contribution in [2.24, 2.45) is 5.41 Å². The molecule has 1 atom stereocenters. The standard InChI is InChI=1S/C15H25NO6/c1-13(2,3)22-12(19)16-7-4-14(10-16,11(17)18)15(20)5-8-21-9-6-15/h20H,4-10H2,1-3H3,(H,17,18). The molecule has 0 saturated carbocycles. The summed E-state index contributed by atoms with van der Waals surface area (Å²) in [5, 5.41) is 20.6. The number of rotatable bonds is 2. The molecular weight excluding hydrogens is 290 g/mol. The van der Waals surface area contributed by atoms with Crippen molar-refractivity contribution >= 4 is 12.1 Å². The van der Waals surface area contributed by atoms with Crippen LogP contribution in [0.2, 0.25) is 0 Å². The quantitative estimate of drug-likeness (QED) is 0.796. The molecule has 7 heteroatoms. The van der Waals surface area contributed by atoms with Crippen molar-refractivity contribution in [3.8, 4) is 0 Å². The van der Waals surface area contributed by atoms with Crippen LogP contribution in [0.5, 0.6) is 0 Å². The Kier molecular flexibility index (Phi) is 4.41. The zero-order valence-corrected chi connectivity index (χ0v) is 13.4. The average molecular weight is 315 g/mol. The molecule has 2 aliphatic heterocycles. The fourth-order valence-corrected chi connectivity index (χ4v) is 3.23. The predicted octanol–water partition coefficient (Wildman–Crippen LogP) is 1.24. The summed E-state index contributed by atoms with van der Waals surface area (Å²) in [4.78, 5) is 25.4. The minimum Gasteiger partial charge on any atom is -0.481 e. The largest absolute Gasteiger partial charge is 0.481 e. The minimum absolute atomic E-state index is 0.0340. The number of aliphatic hydroxyl groups is 1. The average Bonchev–Trinajstić information content (AvgIpc) is 2.84. The molecule has 2 heterocycles. The van der Waals surface area contributed by atoms with Crippen molar-refractivity contribution in [2.45, 2.75) is 51.2 Å². The van der Waals surface area contributed by atoms with Crippen LogP contribution in [-0.4, -0.2) is 64.7 Å². The maximum atomic E-state index is 12.2. The van der Waals surface area contributed by atoms with Gasteiger partial charge in [0.15, 0.2) is 0 Å². The highest BCUT2D eigenvalue weighted by Gasteiger charge is 2.60. The molecule has 7 nitrogen and oxygen atoms in total. The highest BCUT2D eigenvalue weighted by atomic mass is 16.6. The van der Waals surface area contributed by atoms with Gasteiger partial charge in [0.2, 0.25) is 0 Å². The Morgan fingerprint density at radius 2 is 1.77 bits per heavy atom. The lowest BCUT2D eigenvalue weighted by Gasteiger charge is -2.44. The summed E-state index contributed by atoms with van der Waals surface area (Å²) in [7, 11) is 0. The number of likely N-dealkylation sites (tertiary alicyclic amines) is 1. The molecule has 0 spiro atoms. The first-order valence-electron chi connectivity index (χ1n) is 7.61. The number of amides is 1. The van der Waals surface area contributed by atoms with Crippen molar-refractivity contribution < 1.29 is 29.3 Å². The second-order valence-electron chi connectivity index (χ2n) is 7.18. The van der Waals surface area contributed by atoms with E-state index in [9.17, 15) is 19.8 Å². The van der Waals surface area contributed by atoms with E-state index in [4.69, 9.17) is 9.47 Å². The van der Waals surface area contributed by atoms with Gasteiger partial charge in [-0.25, -0.2) is 4.79 Å². The minimum atomic E-state index is -1.35. The van der Waals surface area contributed by atoms with E-state index in [1.165, 1.54) is 4.90 Å². The molecule has 22 heavy (non-hydrogen) atoms. The summed E-state index contributed by atoms with van der Waals surface area (Å²) in [5.74, 6) is -1.07. The molecular formula is C15H25NO6. The summed E-state index contributed by atoms with van der Waals surface area (Å²) in [5.41, 5.74) is -3.34. The first kappa shape index (κ1) is 17.0. The highest BCUT2D eigenvalue weighted by molar-refractivity contribution is 5.79. The third-order valence-electron chi connectivity index (χ3n) is 4.54. The number of hydrogen-bond acceptors (Lipinski definition) is 5. The van der Waals surface area contributed by atoms with E-state index in [1.54, 1.807) is 20.8 Å². The Morgan fingerprint density at radius 3 is 2.27 bits per heavy atom. The molecule has 126 valence electrons. The topological polar surface area (TPSA) is 96.3 Å². The fourth-order valence-electron chi connectivity index (χ4n) is 3.23. The second kappa shape index (κ2) is 5.70. The van der Waals surface area contributed by atoms with Crippen LogP contribution >= 0.6 is 0 Å². The second-order valence-corrected chi connectivity index (χ2v) is 7.18. The number of hydrogen-bond donors (Lipinski definition) is 2. The molecule has 0 aromatic carbocycles. The third kappa shape index (κ3) is 3.05. The van der Waals surface area contributed by atoms with Gasteiger partial charge >= 0.3 is 12.1 Å². The predicted molar refractivity (Wildman–Crippen MR) is 77.5 cm³/mol. The van der Waals surface area contributed by atoms with E-state index in [0.29, 0.717) is 13.2 Å². The van der Waals surface area contributed by atoms with Gasteiger partial charge in [0, 0.05) is 39.1 Å². The Hall–Kier alpha value is -1.34. The van der Waals surface area contributed by atoms with Crippen molar-refractivity contribution in [1.29, 1.82) is 0 Å². The van der Waals surface area contributed by atoms with Gasteiger partial charge in [-0.1, -0.05) is 0 Å². The van der Waals surface area contributed by atoms with E-state index in [0.717, 1.165) is 0 Å². The maximum absolute atomic E-state index is 12.2. The van der Waals surface area contributed by atoms with E-state index in [1.807, 2.05) is 0 Å². The van der Waals surface area contributed by atoms with E-state index >= 15 is 0 Å². The van der Waals surface area contributed by atoms with E-state index in [2.05, 4.69) is 0 Å². The number of nitrogens with zero attached hydrogens (tertiary/aromatic N) is 1. The lowest BCUT2D eigenvalue weighted by atomic mass is 9.67. The van der Waals surface area contributed by atoms with Gasteiger partial charge in [-0.15, -0.1) is 0 Å². The molecule has 1 unspecified atom stereocenters. The normalized spacial score (nSPS) is 28.5.